The van der Waals surface area contributed by atoms with Crippen LogP contribution in [0.2, 0.25) is 0 Å². The van der Waals surface area contributed by atoms with Crippen LogP contribution in [-0.2, 0) is 17.8 Å². The van der Waals surface area contributed by atoms with Crippen LogP contribution >= 0.6 is 34.4 Å². The molecule has 4 rings (SSSR count). The van der Waals surface area contributed by atoms with Crippen molar-refractivity contribution in [2.45, 2.75) is 43.3 Å². The minimum atomic E-state index is 0.00374. The average molecular weight is 538 g/mol. The quantitative estimate of drug-likeness (QED) is 0.445. The van der Waals surface area contributed by atoms with E-state index in [0.717, 1.165) is 32.4 Å². The number of nitrogens with one attached hydrogen (secondary N) is 1. The molecule has 8 nitrogen and oxygen atoms in total. The number of aryl methyl sites for hydroxylation is 1. The van der Waals surface area contributed by atoms with Crippen LogP contribution in [0.5, 0.6) is 5.75 Å². The molecule has 3 N–H and O–H groups in total. The van der Waals surface area contributed by atoms with Crippen LogP contribution in [0.4, 0.5) is 5.82 Å². The largest absolute Gasteiger partial charge is 0.493 e. The van der Waals surface area contributed by atoms with Crippen LogP contribution in [0, 0.1) is 9.49 Å². The third-order valence-corrected chi connectivity index (χ3v) is 7.05. The van der Waals surface area contributed by atoms with Gasteiger partial charge in [-0.3, -0.25) is 4.79 Å². The highest BCUT2D eigenvalue weighted by molar-refractivity contribution is 14.1. The highest BCUT2D eigenvalue weighted by atomic mass is 127. The first-order valence-electron chi connectivity index (χ1n) is 9.79. The van der Waals surface area contributed by atoms with Crippen molar-refractivity contribution < 1.29 is 9.53 Å². The second kappa shape index (κ2) is 8.96. The van der Waals surface area contributed by atoms with Crippen molar-refractivity contribution in [1.29, 1.82) is 0 Å². The fraction of sp³-hybridized carbons (Fsp3) is 0.400. The van der Waals surface area contributed by atoms with Crippen molar-refractivity contribution in [3.8, 4) is 5.75 Å². The summed E-state index contributed by atoms with van der Waals surface area (Å²) < 4.78 is 8.80. The maximum absolute atomic E-state index is 12.3. The zero-order valence-corrected chi connectivity index (χ0v) is 19.8. The van der Waals surface area contributed by atoms with E-state index in [9.17, 15) is 4.79 Å². The van der Waals surface area contributed by atoms with Gasteiger partial charge < -0.3 is 20.4 Å². The number of imidazole rings is 1. The lowest BCUT2D eigenvalue weighted by Crippen LogP contribution is -2.28. The molecule has 0 spiro atoms. The molecule has 30 heavy (non-hydrogen) atoms. The Hall–Kier alpha value is -2.08. The van der Waals surface area contributed by atoms with Gasteiger partial charge in [0.1, 0.15) is 12.1 Å². The van der Waals surface area contributed by atoms with Crippen molar-refractivity contribution in [3.63, 3.8) is 0 Å². The second-order valence-corrected chi connectivity index (χ2v) is 9.69. The fourth-order valence-electron chi connectivity index (χ4n) is 3.19. The topological polar surface area (TPSA) is 108 Å². The molecule has 0 atom stereocenters. The van der Waals surface area contributed by atoms with E-state index < -0.39 is 0 Å². The van der Waals surface area contributed by atoms with Crippen LogP contribution < -0.4 is 15.8 Å². The number of amides is 1. The summed E-state index contributed by atoms with van der Waals surface area (Å²) in [5, 5.41) is 3.68. The Morgan fingerprint density at radius 2 is 2.23 bits per heavy atom. The van der Waals surface area contributed by atoms with E-state index >= 15 is 0 Å². The molecule has 3 heterocycles. The van der Waals surface area contributed by atoms with E-state index in [2.05, 4.69) is 63.9 Å². The fourth-order valence-corrected chi connectivity index (χ4v) is 4.99. The van der Waals surface area contributed by atoms with Gasteiger partial charge in [0.2, 0.25) is 5.91 Å². The number of nitrogens with zero attached hydrogens (tertiary/aromatic N) is 4. The Bertz CT molecular complexity index is 1100. The number of aromatic nitrogens is 4. The predicted molar refractivity (Wildman–Crippen MR) is 125 cm³/mol. The van der Waals surface area contributed by atoms with Gasteiger partial charge in [0.15, 0.2) is 22.1 Å². The summed E-state index contributed by atoms with van der Waals surface area (Å²) in [6, 6.07) is 4.22. The number of hydrogen-bond donors (Lipinski definition) is 2. The predicted octanol–water partition coefficient (Wildman–Crippen LogP) is 3.26. The Kier molecular flexibility index (Phi) is 6.32. The first-order valence-corrected chi connectivity index (χ1v) is 11.7. The summed E-state index contributed by atoms with van der Waals surface area (Å²) in [4.78, 5) is 26.4. The van der Waals surface area contributed by atoms with Gasteiger partial charge in [0.05, 0.1) is 6.61 Å². The minimum absolute atomic E-state index is 0.00374. The molecular weight excluding hydrogens is 515 g/mol. The van der Waals surface area contributed by atoms with Crippen molar-refractivity contribution in [1.82, 2.24) is 24.8 Å². The van der Waals surface area contributed by atoms with Crippen molar-refractivity contribution in [2.24, 2.45) is 5.92 Å². The monoisotopic (exact) mass is 538 g/mol. The van der Waals surface area contributed by atoms with Gasteiger partial charge in [-0.1, -0.05) is 25.6 Å². The van der Waals surface area contributed by atoms with E-state index in [0.29, 0.717) is 42.4 Å². The zero-order valence-electron chi connectivity index (χ0n) is 16.8. The molecule has 1 aliphatic heterocycles. The summed E-state index contributed by atoms with van der Waals surface area (Å²) in [6.07, 6.45) is 2.70. The van der Waals surface area contributed by atoms with Crippen LogP contribution in [0.15, 0.2) is 28.5 Å². The molecular formula is C20H23IN6O2S. The van der Waals surface area contributed by atoms with E-state index in [4.69, 9.17) is 15.5 Å². The molecule has 0 fully saturated rings. The molecule has 0 unspecified atom stereocenters. The number of rotatable bonds is 7. The summed E-state index contributed by atoms with van der Waals surface area (Å²) in [5.41, 5.74) is 8.45. The van der Waals surface area contributed by atoms with Gasteiger partial charge in [0, 0.05) is 34.4 Å². The first-order chi connectivity index (χ1) is 14.4. The lowest BCUT2D eigenvalue weighted by atomic mass is 10.2. The molecule has 1 aromatic carbocycles. The molecule has 1 amide bonds. The van der Waals surface area contributed by atoms with Gasteiger partial charge in [-0.25, -0.2) is 15.0 Å². The van der Waals surface area contributed by atoms with E-state index in [1.165, 1.54) is 23.7 Å². The number of fused-ring (bicyclic) bond motifs is 2. The molecule has 158 valence electrons. The van der Waals surface area contributed by atoms with Gasteiger partial charge >= 0.3 is 0 Å². The number of ether oxygens (including phenoxy) is 1. The molecule has 10 heteroatoms. The number of halogens is 1. The number of carbonyl (C=O) groups is 1. The SMILES string of the molecule is CC(C)CNC(=O)CCn1c(Sc2cc3c(cc2I)CCO3)nc2c(N)ncnc21. The smallest absolute Gasteiger partial charge is 0.221 e. The van der Waals surface area contributed by atoms with Crippen LogP contribution in [0.1, 0.15) is 25.8 Å². The highest BCUT2D eigenvalue weighted by Gasteiger charge is 2.20. The standard InChI is InChI=1S/C20H23IN6O2S/c1-11(2)9-23-16(28)3-5-27-19-17(18(22)24-10-25-19)26-20(27)30-15-8-14-12(4-6-29-14)7-13(15)21/h7-8,10-11H,3-6,9H2,1-2H3,(H,23,28)(H2,22,24,25). The van der Waals surface area contributed by atoms with E-state index in [1.807, 2.05) is 4.57 Å². The first kappa shape index (κ1) is 21.2. The Morgan fingerprint density at radius 3 is 3.03 bits per heavy atom. The number of anilines is 1. The Balaban J connectivity index is 1.63. The molecule has 1 aliphatic rings. The molecule has 0 saturated heterocycles. The van der Waals surface area contributed by atoms with Crippen LogP contribution in [0.25, 0.3) is 11.2 Å². The average Bonchev–Trinajstić information content (AvgIpc) is 3.29. The summed E-state index contributed by atoms with van der Waals surface area (Å²) in [7, 11) is 0. The second-order valence-electron chi connectivity index (χ2n) is 7.52. The minimum Gasteiger partial charge on any atom is -0.493 e. The maximum Gasteiger partial charge on any atom is 0.221 e. The van der Waals surface area contributed by atoms with Gasteiger partial charge in [-0.15, -0.1) is 0 Å². The van der Waals surface area contributed by atoms with Gasteiger partial charge in [0.25, 0.3) is 0 Å². The Morgan fingerprint density at radius 1 is 1.40 bits per heavy atom. The molecule has 3 aromatic rings. The zero-order chi connectivity index (χ0) is 21.3. The summed E-state index contributed by atoms with van der Waals surface area (Å²) >= 11 is 3.86. The maximum atomic E-state index is 12.3. The van der Waals surface area contributed by atoms with Crippen LogP contribution in [-0.4, -0.2) is 38.6 Å². The number of nitrogens with two attached hydrogens (primary N) is 1. The highest BCUT2D eigenvalue weighted by Crippen LogP contribution is 2.38. The molecule has 0 aliphatic carbocycles. The number of nitrogen functional groups attached to an aromatic ring is 1. The molecule has 2 aromatic heterocycles. The van der Waals surface area contributed by atoms with Crippen molar-refractivity contribution in [3.05, 3.63) is 27.6 Å². The number of benzene rings is 1. The van der Waals surface area contributed by atoms with Gasteiger partial charge in [-0.2, -0.15) is 0 Å². The third kappa shape index (κ3) is 4.48. The van der Waals surface area contributed by atoms with Crippen molar-refractivity contribution in [2.75, 3.05) is 18.9 Å². The van der Waals surface area contributed by atoms with Crippen LogP contribution in [0.3, 0.4) is 0 Å². The summed E-state index contributed by atoms with van der Waals surface area (Å²) in [6.45, 7) is 5.97. The Labute approximate surface area is 192 Å². The number of hydrogen-bond acceptors (Lipinski definition) is 7. The van der Waals surface area contributed by atoms with Gasteiger partial charge in [-0.05, 0) is 46.2 Å². The summed E-state index contributed by atoms with van der Waals surface area (Å²) in [5.74, 6) is 1.67. The molecule has 0 radical (unpaired) electrons. The molecule has 0 saturated carbocycles. The lowest BCUT2D eigenvalue weighted by molar-refractivity contribution is -0.121. The number of carbonyl (C=O) groups excluding carboxylic acids is 1. The normalized spacial score (nSPS) is 12.9. The molecule has 0 bridgehead atoms. The third-order valence-electron chi connectivity index (χ3n) is 4.74. The lowest BCUT2D eigenvalue weighted by Gasteiger charge is -2.11. The van der Waals surface area contributed by atoms with Crippen molar-refractivity contribution >= 4 is 57.2 Å². The van der Waals surface area contributed by atoms with E-state index in [1.54, 1.807) is 0 Å². The van der Waals surface area contributed by atoms with E-state index in [-0.39, 0.29) is 5.91 Å².